The molecule has 0 aliphatic carbocycles. The lowest BCUT2D eigenvalue weighted by Crippen LogP contribution is -1.94. The van der Waals surface area contributed by atoms with Crippen molar-refractivity contribution in [3.05, 3.63) is 218 Å². The van der Waals surface area contributed by atoms with Gasteiger partial charge in [-0.15, -0.1) is 0 Å². The van der Waals surface area contributed by atoms with Crippen molar-refractivity contribution < 1.29 is 0 Å². The first-order valence-electron chi connectivity index (χ1n) is 20.6. The second-order valence-corrected chi connectivity index (χ2v) is 15.8. The van der Waals surface area contributed by atoms with Crippen molar-refractivity contribution in [2.45, 2.75) is 0 Å². The maximum Gasteiger partial charge on any atom is 0.0547 e. The number of aromatic nitrogens is 2. The third-order valence-corrected chi connectivity index (χ3v) is 12.6. The highest BCUT2D eigenvalue weighted by molar-refractivity contribution is 6.24. The standard InChI is InChI=1S/C58H38N2/c1-3-37-23-29-55-53(31-37)47-27-25-39(33-57(47)59(55)41-15-7-5-8-16-41)49-35-51-46-22-14-12-20-44(46)50(36-52(51)45-21-13-11-19-43(45)49)40-26-28-48-54-32-38(4-2)24-30-56(54)60(58(48)34-40)42-17-9-6-10-18-42/h3-36H,1-2H2. The molecule has 12 rings (SSSR count). The molecule has 0 spiro atoms. The molecule has 0 radical (unpaired) electrons. The van der Waals surface area contributed by atoms with E-state index in [2.05, 4.69) is 216 Å². The summed E-state index contributed by atoms with van der Waals surface area (Å²) in [5.74, 6) is 0. The van der Waals surface area contributed by atoms with Gasteiger partial charge in [0.15, 0.2) is 0 Å². The largest absolute Gasteiger partial charge is 0.309 e. The van der Waals surface area contributed by atoms with Gasteiger partial charge in [0.05, 0.1) is 22.1 Å². The molecular formula is C58H38N2. The lowest BCUT2D eigenvalue weighted by atomic mass is 9.87. The Kier molecular flexibility index (Phi) is 7.57. The fourth-order valence-corrected chi connectivity index (χ4v) is 9.81. The van der Waals surface area contributed by atoms with Gasteiger partial charge in [-0.05, 0) is 138 Å². The monoisotopic (exact) mass is 762 g/mol. The highest BCUT2D eigenvalue weighted by Crippen LogP contribution is 2.44. The number of fused-ring (bicyclic) bond motifs is 11. The van der Waals surface area contributed by atoms with E-state index in [1.807, 2.05) is 12.2 Å². The van der Waals surface area contributed by atoms with E-state index in [4.69, 9.17) is 0 Å². The number of nitrogens with zero attached hydrogens (tertiary/aromatic N) is 2. The van der Waals surface area contributed by atoms with Crippen LogP contribution in [0.5, 0.6) is 0 Å². The smallest absolute Gasteiger partial charge is 0.0547 e. The summed E-state index contributed by atoms with van der Waals surface area (Å²) in [6.07, 6.45) is 3.86. The van der Waals surface area contributed by atoms with E-state index in [9.17, 15) is 0 Å². The average molecular weight is 763 g/mol. The van der Waals surface area contributed by atoms with Gasteiger partial charge in [0, 0.05) is 32.9 Å². The van der Waals surface area contributed by atoms with Crippen molar-refractivity contribution in [2.24, 2.45) is 0 Å². The van der Waals surface area contributed by atoms with Crippen LogP contribution in [0.3, 0.4) is 0 Å². The summed E-state index contributed by atoms with van der Waals surface area (Å²) >= 11 is 0. The van der Waals surface area contributed by atoms with E-state index in [-0.39, 0.29) is 0 Å². The van der Waals surface area contributed by atoms with Crippen LogP contribution in [-0.2, 0) is 0 Å². The molecule has 2 aromatic heterocycles. The summed E-state index contributed by atoms with van der Waals surface area (Å²) in [5.41, 5.74) is 14.1. The molecule has 0 saturated carbocycles. The Morgan fingerprint density at radius 1 is 0.283 bits per heavy atom. The lowest BCUT2D eigenvalue weighted by molar-refractivity contribution is 1.18. The zero-order valence-corrected chi connectivity index (χ0v) is 32.9. The molecule has 0 amide bonds. The van der Waals surface area contributed by atoms with Crippen LogP contribution in [0, 0.1) is 0 Å². The SMILES string of the molecule is C=Cc1ccc2c(c1)c1ccc(-c3cc4c5ccccc5c(-c5ccc6c7cc(C=C)ccc7n(-c7ccccc7)c6c5)cc4c4ccccc34)cc1n2-c1ccccc1. The Hall–Kier alpha value is -7.94. The van der Waals surface area contributed by atoms with Crippen LogP contribution in [-0.4, -0.2) is 9.13 Å². The third-order valence-electron chi connectivity index (χ3n) is 12.6. The number of para-hydroxylation sites is 2. The van der Waals surface area contributed by atoms with Crippen LogP contribution in [0.1, 0.15) is 11.1 Å². The molecule has 60 heavy (non-hydrogen) atoms. The first kappa shape index (κ1) is 34.1. The van der Waals surface area contributed by atoms with Crippen molar-refractivity contribution in [3.8, 4) is 33.6 Å². The molecule has 10 aromatic carbocycles. The summed E-state index contributed by atoms with van der Waals surface area (Å²) < 4.78 is 4.80. The quantitative estimate of drug-likeness (QED) is 0.149. The van der Waals surface area contributed by atoms with Crippen LogP contribution in [0.4, 0.5) is 0 Å². The first-order valence-corrected chi connectivity index (χ1v) is 20.6. The predicted molar refractivity (Wildman–Crippen MR) is 259 cm³/mol. The minimum Gasteiger partial charge on any atom is -0.309 e. The molecule has 0 fully saturated rings. The van der Waals surface area contributed by atoms with Gasteiger partial charge < -0.3 is 9.13 Å². The summed E-state index contributed by atoms with van der Waals surface area (Å²) in [6, 6.07) is 71.4. The Balaban J connectivity index is 1.11. The highest BCUT2D eigenvalue weighted by Gasteiger charge is 2.19. The Labute approximate surface area is 347 Å². The van der Waals surface area contributed by atoms with E-state index in [1.54, 1.807) is 0 Å². The molecule has 0 N–H and O–H groups in total. The molecule has 2 nitrogen and oxygen atoms in total. The summed E-state index contributed by atoms with van der Waals surface area (Å²) in [5, 5.41) is 12.4. The predicted octanol–water partition coefficient (Wildman–Crippen LogP) is 16.0. The van der Waals surface area contributed by atoms with E-state index in [0.29, 0.717) is 0 Å². The van der Waals surface area contributed by atoms with E-state index >= 15 is 0 Å². The molecule has 0 aliphatic heterocycles. The Morgan fingerprint density at radius 2 is 0.683 bits per heavy atom. The van der Waals surface area contributed by atoms with Crippen molar-refractivity contribution in [3.63, 3.8) is 0 Å². The van der Waals surface area contributed by atoms with Crippen molar-refractivity contribution in [1.82, 2.24) is 9.13 Å². The van der Waals surface area contributed by atoms with Gasteiger partial charge in [0.2, 0.25) is 0 Å². The van der Waals surface area contributed by atoms with E-state index in [0.717, 1.165) is 22.5 Å². The van der Waals surface area contributed by atoms with Gasteiger partial charge in [-0.25, -0.2) is 0 Å². The number of hydrogen-bond acceptors (Lipinski definition) is 0. The second-order valence-electron chi connectivity index (χ2n) is 15.8. The Morgan fingerprint density at radius 3 is 1.10 bits per heavy atom. The van der Waals surface area contributed by atoms with Crippen molar-refractivity contribution >= 4 is 88.1 Å². The minimum absolute atomic E-state index is 1.12. The van der Waals surface area contributed by atoms with Crippen LogP contribution < -0.4 is 0 Å². The van der Waals surface area contributed by atoms with Gasteiger partial charge in [-0.2, -0.15) is 0 Å². The highest BCUT2D eigenvalue weighted by atomic mass is 15.0. The van der Waals surface area contributed by atoms with Gasteiger partial charge in [0.1, 0.15) is 0 Å². The van der Waals surface area contributed by atoms with Crippen molar-refractivity contribution in [1.29, 1.82) is 0 Å². The lowest BCUT2D eigenvalue weighted by Gasteiger charge is -2.17. The maximum atomic E-state index is 4.06. The minimum atomic E-state index is 1.12. The molecule has 0 aliphatic rings. The summed E-state index contributed by atoms with van der Waals surface area (Å²) in [4.78, 5) is 0. The van der Waals surface area contributed by atoms with Crippen molar-refractivity contribution in [2.75, 3.05) is 0 Å². The molecule has 2 heterocycles. The average Bonchev–Trinajstić information content (AvgIpc) is 3.82. The van der Waals surface area contributed by atoms with Gasteiger partial charge in [0.25, 0.3) is 0 Å². The van der Waals surface area contributed by atoms with Gasteiger partial charge >= 0.3 is 0 Å². The van der Waals surface area contributed by atoms with Crippen LogP contribution in [0.25, 0.3) is 122 Å². The maximum absolute atomic E-state index is 4.06. The Bertz CT molecular complexity index is 3480. The van der Waals surface area contributed by atoms with Gasteiger partial charge in [-0.1, -0.05) is 147 Å². The molecule has 280 valence electrons. The molecule has 2 heteroatoms. The van der Waals surface area contributed by atoms with Gasteiger partial charge in [-0.3, -0.25) is 0 Å². The third kappa shape index (κ3) is 5.08. The van der Waals surface area contributed by atoms with E-state index < -0.39 is 0 Å². The van der Waals surface area contributed by atoms with Crippen LogP contribution in [0.15, 0.2) is 207 Å². The fraction of sp³-hybridized carbons (Fsp3) is 0. The fourth-order valence-electron chi connectivity index (χ4n) is 9.81. The van der Waals surface area contributed by atoms with Crippen LogP contribution >= 0.6 is 0 Å². The molecule has 0 bridgehead atoms. The normalized spacial score (nSPS) is 11.8. The summed E-state index contributed by atoms with van der Waals surface area (Å²) in [7, 11) is 0. The second kappa shape index (κ2) is 13.3. The molecular weight excluding hydrogens is 725 g/mol. The van der Waals surface area contributed by atoms with E-state index in [1.165, 1.54) is 98.2 Å². The number of rotatable bonds is 6. The molecule has 12 aromatic rings. The molecule has 0 unspecified atom stereocenters. The first-order chi connectivity index (χ1) is 29.7. The molecule has 0 saturated heterocycles. The van der Waals surface area contributed by atoms with Crippen LogP contribution in [0.2, 0.25) is 0 Å². The zero-order valence-electron chi connectivity index (χ0n) is 32.9. The number of hydrogen-bond donors (Lipinski definition) is 0. The summed E-state index contributed by atoms with van der Waals surface area (Å²) in [6.45, 7) is 8.13. The topological polar surface area (TPSA) is 9.86 Å². The number of benzene rings is 10. The molecule has 0 atom stereocenters. The zero-order chi connectivity index (χ0) is 39.9.